The molecule has 2 rings (SSSR count). The van der Waals surface area contributed by atoms with Crippen LogP contribution in [-0.4, -0.2) is 13.1 Å². The molecule has 2 aromatic rings. The largest absolute Gasteiger partial charge is 0.465 e. The molecule has 0 fully saturated rings. The lowest BCUT2D eigenvalue weighted by molar-refractivity contribution is 0.0601. The van der Waals surface area contributed by atoms with Crippen molar-refractivity contribution in [1.29, 1.82) is 0 Å². The van der Waals surface area contributed by atoms with E-state index in [1.54, 1.807) is 12.1 Å². The minimum absolute atomic E-state index is 0.0874. The molecule has 0 atom stereocenters. The summed E-state index contributed by atoms with van der Waals surface area (Å²) in [6, 6.07) is 10.4. The second-order valence-corrected chi connectivity index (χ2v) is 4.07. The second-order valence-electron chi connectivity index (χ2n) is 3.67. The summed E-state index contributed by atoms with van der Waals surface area (Å²) in [6.45, 7) is 0. The SMILES string of the molecule is COC(=O)c1ccc(Oc2ccccc2F)cc1Cl. The number of carbonyl (C=O) groups is 1. The van der Waals surface area contributed by atoms with Crippen molar-refractivity contribution in [3.8, 4) is 11.5 Å². The van der Waals surface area contributed by atoms with Crippen LogP contribution in [0.15, 0.2) is 42.5 Å². The molecular weight excluding hydrogens is 271 g/mol. The Hall–Kier alpha value is -2.07. The normalized spacial score (nSPS) is 10.1. The lowest BCUT2D eigenvalue weighted by Gasteiger charge is -2.08. The summed E-state index contributed by atoms with van der Waals surface area (Å²) >= 11 is 5.93. The molecule has 2 aromatic carbocycles. The van der Waals surface area contributed by atoms with E-state index in [2.05, 4.69) is 4.74 Å². The Morgan fingerprint density at radius 3 is 2.58 bits per heavy atom. The third-order valence-electron chi connectivity index (χ3n) is 2.41. The third kappa shape index (κ3) is 3.03. The van der Waals surface area contributed by atoms with Gasteiger partial charge in [-0.2, -0.15) is 0 Å². The quantitative estimate of drug-likeness (QED) is 0.796. The van der Waals surface area contributed by atoms with Crippen LogP contribution in [0.2, 0.25) is 5.02 Å². The number of ether oxygens (including phenoxy) is 2. The molecule has 0 radical (unpaired) electrons. The highest BCUT2D eigenvalue weighted by atomic mass is 35.5. The van der Waals surface area contributed by atoms with Crippen LogP contribution >= 0.6 is 11.6 Å². The molecule has 0 spiro atoms. The second kappa shape index (κ2) is 5.71. The number of methoxy groups -OCH3 is 1. The van der Waals surface area contributed by atoms with E-state index in [9.17, 15) is 9.18 Å². The molecule has 0 N–H and O–H groups in total. The fourth-order valence-corrected chi connectivity index (χ4v) is 1.74. The molecule has 0 aliphatic heterocycles. The maximum absolute atomic E-state index is 13.4. The number of benzene rings is 2. The molecular formula is C14H10ClFO3. The van der Waals surface area contributed by atoms with Gasteiger partial charge in [0.25, 0.3) is 0 Å². The van der Waals surface area contributed by atoms with Gasteiger partial charge in [0.05, 0.1) is 17.7 Å². The predicted octanol–water partition coefficient (Wildman–Crippen LogP) is 4.06. The average molecular weight is 281 g/mol. The lowest BCUT2D eigenvalue weighted by atomic mass is 10.2. The monoisotopic (exact) mass is 280 g/mol. The Labute approximate surface area is 114 Å². The van der Waals surface area contributed by atoms with Crippen molar-refractivity contribution in [2.45, 2.75) is 0 Å². The van der Waals surface area contributed by atoms with Crippen LogP contribution in [0.4, 0.5) is 4.39 Å². The van der Waals surface area contributed by atoms with Crippen LogP contribution in [-0.2, 0) is 4.74 Å². The first-order valence-electron chi connectivity index (χ1n) is 5.42. The Morgan fingerprint density at radius 2 is 1.95 bits per heavy atom. The summed E-state index contributed by atoms with van der Waals surface area (Å²) < 4.78 is 23.3. The fraction of sp³-hybridized carbons (Fsp3) is 0.0714. The van der Waals surface area contributed by atoms with Gasteiger partial charge in [-0.3, -0.25) is 0 Å². The van der Waals surface area contributed by atoms with Crippen molar-refractivity contribution >= 4 is 17.6 Å². The maximum atomic E-state index is 13.4. The number of rotatable bonds is 3. The molecule has 0 aromatic heterocycles. The molecule has 0 unspecified atom stereocenters. The van der Waals surface area contributed by atoms with E-state index in [0.29, 0.717) is 5.75 Å². The standard InChI is InChI=1S/C14H10ClFO3/c1-18-14(17)10-7-6-9(8-11(10)15)19-13-5-3-2-4-12(13)16/h2-8H,1H3. The number of carbonyl (C=O) groups excluding carboxylic acids is 1. The highest BCUT2D eigenvalue weighted by Crippen LogP contribution is 2.28. The van der Waals surface area contributed by atoms with Gasteiger partial charge in [-0.1, -0.05) is 23.7 Å². The Balaban J connectivity index is 2.26. The van der Waals surface area contributed by atoms with Crippen LogP contribution in [0.5, 0.6) is 11.5 Å². The summed E-state index contributed by atoms with van der Waals surface area (Å²) in [5, 5.41) is 0.181. The summed E-state index contributed by atoms with van der Waals surface area (Å²) in [5.41, 5.74) is 0.227. The summed E-state index contributed by atoms with van der Waals surface area (Å²) in [5.74, 6) is -0.592. The molecule has 0 aliphatic rings. The lowest BCUT2D eigenvalue weighted by Crippen LogP contribution is -2.02. The smallest absolute Gasteiger partial charge is 0.339 e. The number of para-hydroxylation sites is 1. The molecule has 5 heteroatoms. The molecule has 0 heterocycles. The Bertz CT molecular complexity index is 613. The van der Waals surface area contributed by atoms with E-state index in [0.717, 1.165) is 0 Å². The summed E-state index contributed by atoms with van der Waals surface area (Å²) in [7, 11) is 1.27. The summed E-state index contributed by atoms with van der Waals surface area (Å²) in [4.78, 5) is 11.4. The Morgan fingerprint density at radius 1 is 1.21 bits per heavy atom. The molecule has 0 aliphatic carbocycles. The van der Waals surface area contributed by atoms with E-state index < -0.39 is 11.8 Å². The van der Waals surface area contributed by atoms with Crippen molar-refractivity contribution in [3.05, 3.63) is 58.9 Å². The zero-order valence-electron chi connectivity index (χ0n) is 10.0. The van der Waals surface area contributed by atoms with Crippen molar-refractivity contribution in [1.82, 2.24) is 0 Å². The van der Waals surface area contributed by atoms with E-state index in [1.165, 1.54) is 37.4 Å². The van der Waals surface area contributed by atoms with Crippen LogP contribution in [0.3, 0.4) is 0 Å². The van der Waals surface area contributed by atoms with E-state index >= 15 is 0 Å². The van der Waals surface area contributed by atoms with Gasteiger partial charge >= 0.3 is 5.97 Å². The van der Waals surface area contributed by atoms with Gasteiger partial charge in [0.15, 0.2) is 11.6 Å². The van der Waals surface area contributed by atoms with Crippen LogP contribution in [0, 0.1) is 5.82 Å². The first kappa shape index (κ1) is 13.4. The molecule has 19 heavy (non-hydrogen) atoms. The van der Waals surface area contributed by atoms with Gasteiger partial charge in [0.2, 0.25) is 0 Å². The van der Waals surface area contributed by atoms with Gasteiger partial charge in [0.1, 0.15) is 5.75 Å². The highest BCUT2D eigenvalue weighted by Gasteiger charge is 2.12. The predicted molar refractivity (Wildman–Crippen MR) is 69.3 cm³/mol. The fourth-order valence-electron chi connectivity index (χ4n) is 1.49. The molecule has 3 nitrogen and oxygen atoms in total. The molecule has 98 valence electrons. The maximum Gasteiger partial charge on any atom is 0.339 e. The number of halogens is 2. The molecule has 0 amide bonds. The molecule has 0 bridgehead atoms. The number of hydrogen-bond acceptors (Lipinski definition) is 3. The molecule has 0 saturated heterocycles. The summed E-state index contributed by atoms with van der Waals surface area (Å²) in [6.07, 6.45) is 0. The number of hydrogen-bond donors (Lipinski definition) is 0. The van der Waals surface area contributed by atoms with Gasteiger partial charge < -0.3 is 9.47 Å². The zero-order chi connectivity index (χ0) is 13.8. The first-order chi connectivity index (χ1) is 9.11. The minimum Gasteiger partial charge on any atom is -0.465 e. The van der Waals surface area contributed by atoms with Gasteiger partial charge in [-0.15, -0.1) is 0 Å². The van der Waals surface area contributed by atoms with Gasteiger partial charge in [-0.05, 0) is 24.3 Å². The van der Waals surface area contributed by atoms with Crippen LogP contribution in [0.25, 0.3) is 0 Å². The Kier molecular flexibility index (Phi) is 4.02. The van der Waals surface area contributed by atoms with Crippen LogP contribution in [0.1, 0.15) is 10.4 Å². The van der Waals surface area contributed by atoms with Crippen molar-refractivity contribution in [3.63, 3.8) is 0 Å². The highest BCUT2D eigenvalue weighted by molar-refractivity contribution is 6.33. The van der Waals surface area contributed by atoms with E-state index in [1.807, 2.05) is 0 Å². The van der Waals surface area contributed by atoms with Crippen molar-refractivity contribution in [2.75, 3.05) is 7.11 Å². The van der Waals surface area contributed by atoms with E-state index in [4.69, 9.17) is 16.3 Å². The molecule has 0 saturated carbocycles. The van der Waals surface area contributed by atoms with Crippen molar-refractivity contribution in [2.24, 2.45) is 0 Å². The first-order valence-corrected chi connectivity index (χ1v) is 5.80. The topological polar surface area (TPSA) is 35.5 Å². The van der Waals surface area contributed by atoms with Gasteiger partial charge in [-0.25, -0.2) is 9.18 Å². The van der Waals surface area contributed by atoms with Gasteiger partial charge in [0, 0.05) is 6.07 Å². The third-order valence-corrected chi connectivity index (χ3v) is 2.72. The zero-order valence-corrected chi connectivity index (χ0v) is 10.8. The number of esters is 1. The van der Waals surface area contributed by atoms with Crippen LogP contribution < -0.4 is 4.74 Å². The minimum atomic E-state index is -0.539. The van der Waals surface area contributed by atoms with E-state index in [-0.39, 0.29) is 16.3 Å². The average Bonchev–Trinajstić information content (AvgIpc) is 2.41. The van der Waals surface area contributed by atoms with Crippen molar-refractivity contribution < 1.29 is 18.7 Å².